The molecule has 112 valence electrons. The van der Waals surface area contributed by atoms with E-state index in [0.29, 0.717) is 12.3 Å². The van der Waals surface area contributed by atoms with Crippen LogP contribution in [0.25, 0.3) is 0 Å². The summed E-state index contributed by atoms with van der Waals surface area (Å²) in [7, 11) is 1.87. The highest BCUT2D eigenvalue weighted by atomic mass is 16.5. The number of aromatic nitrogens is 2. The van der Waals surface area contributed by atoms with E-state index in [1.54, 1.807) is 4.68 Å². The maximum Gasteiger partial charge on any atom is 0.260 e. The van der Waals surface area contributed by atoms with Crippen LogP contribution in [0, 0.1) is 19.3 Å². The number of hydrogen-bond donors (Lipinski definition) is 1. The molecule has 0 radical (unpaired) electrons. The standard InChI is InChI=1S/C14H24N4O2/c1-10-13(11(2)17(4)16-10)20-7-12(19)18-6-5-14(3,8-15)9-18/h5-9,15H2,1-4H3. The summed E-state index contributed by atoms with van der Waals surface area (Å²) < 4.78 is 7.42. The Kier molecular flexibility index (Phi) is 4.04. The Bertz CT molecular complexity index is 512. The van der Waals surface area contributed by atoms with E-state index in [1.807, 2.05) is 25.8 Å². The topological polar surface area (TPSA) is 73.4 Å². The smallest absolute Gasteiger partial charge is 0.260 e. The first-order valence-electron chi connectivity index (χ1n) is 6.97. The third kappa shape index (κ3) is 2.80. The monoisotopic (exact) mass is 280 g/mol. The normalized spacial score (nSPS) is 22.4. The zero-order valence-corrected chi connectivity index (χ0v) is 12.8. The Morgan fingerprint density at radius 3 is 2.70 bits per heavy atom. The molecule has 1 aliphatic rings. The van der Waals surface area contributed by atoms with Gasteiger partial charge in [0.2, 0.25) is 0 Å². The van der Waals surface area contributed by atoms with Crippen LogP contribution in [0.3, 0.4) is 0 Å². The van der Waals surface area contributed by atoms with Crippen molar-refractivity contribution in [1.29, 1.82) is 0 Å². The molecule has 1 saturated heterocycles. The van der Waals surface area contributed by atoms with Gasteiger partial charge in [0.1, 0.15) is 5.69 Å². The Balaban J connectivity index is 1.93. The second-order valence-electron chi connectivity index (χ2n) is 5.99. The van der Waals surface area contributed by atoms with E-state index in [2.05, 4.69) is 12.0 Å². The van der Waals surface area contributed by atoms with E-state index in [9.17, 15) is 4.79 Å². The highest BCUT2D eigenvalue weighted by Crippen LogP contribution is 2.28. The van der Waals surface area contributed by atoms with E-state index >= 15 is 0 Å². The number of carbonyl (C=O) groups excluding carboxylic acids is 1. The Morgan fingerprint density at radius 1 is 1.50 bits per heavy atom. The van der Waals surface area contributed by atoms with Crippen LogP contribution < -0.4 is 10.5 Å². The minimum absolute atomic E-state index is 0.0184. The Morgan fingerprint density at radius 2 is 2.20 bits per heavy atom. The fraction of sp³-hybridized carbons (Fsp3) is 0.714. The van der Waals surface area contributed by atoms with E-state index in [1.165, 1.54) is 0 Å². The van der Waals surface area contributed by atoms with Crippen molar-refractivity contribution in [1.82, 2.24) is 14.7 Å². The molecule has 0 bridgehead atoms. The van der Waals surface area contributed by atoms with Gasteiger partial charge in [0.05, 0.1) is 5.69 Å². The molecule has 1 aromatic rings. The van der Waals surface area contributed by atoms with Gasteiger partial charge in [0.25, 0.3) is 5.91 Å². The molecule has 0 spiro atoms. The van der Waals surface area contributed by atoms with Crippen molar-refractivity contribution < 1.29 is 9.53 Å². The highest BCUT2D eigenvalue weighted by molar-refractivity contribution is 5.78. The van der Waals surface area contributed by atoms with Crippen LogP contribution in [0.5, 0.6) is 5.75 Å². The molecule has 1 aromatic heterocycles. The van der Waals surface area contributed by atoms with Gasteiger partial charge in [-0.15, -0.1) is 0 Å². The molecule has 1 atom stereocenters. The summed E-state index contributed by atoms with van der Waals surface area (Å²) in [5.74, 6) is 0.728. The lowest BCUT2D eigenvalue weighted by molar-refractivity contribution is -0.132. The van der Waals surface area contributed by atoms with Crippen molar-refractivity contribution in [2.45, 2.75) is 27.2 Å². The van der Waals surface area contributed by atoms with Crippen LogP contribution in [0.15, 0.2) is 0 Å². The molecule has 1 unspecified atom stereocenters. The van der Waals surface area contributed by atoms with Crippen LogP contribution in [0.1, 0.15) is 24.7 Å². The first-order valence-corrected chi connectivity index (χ1v) is 6.97. The van der Waals surface area contributed by atoms with Crippen LogP contribution in [-0.2, 0) is 11.8 Å². The first kappa shape index (κ1) is 14.8. The largest absolute Gasteiger partial charge is 0.480 e. The number of carbonyl (C=O) groups is 1. The van der Waals surface area contributed by atoms with Crippen molar-refractivity contribution in [3.63, 3.8) is 0 Å². The molecule has 0 aliphatic carbocycles. The van der Waals surface area contributed by atoms with Gasteiger partial charge in [-0.1, -0.05) is 6.92 Å². The van der Waals surface area contributed by atoms with Crippen LogP contribution in [0.2, 0.25) is 0 Å². The quantitative estimate of drug-likeness (QED) is 0.877. The molecule has 2 rings (SSSR count). The molecule has 2 heterocycles. The van der Waals surface area contributed by atoms with Crippen molar-refractivity contribution in [2.24, 2.45) is 18.2 Å². The van der Waals surface area contributed by atoms with Crippen LogP contribution in [-0.4, -0.2) is 46.8 Å². The maximum absolute atomic E-state index is 12.2. The van der Waals surface area contributed by atoms with E-state index < -0.39 is 0 Å². The average Bonchev–Trinajstić information content (AvgIpc) is 2.91. The van der Waals surface area contributed by atoms with Gasteiger partial charge in [-0.05, 0) is 32.2 Å². The average molecular weight is 280 g/mol. The fourth-order valence-corrected chi connectivity index (χ4v) is 2.59. The van der Waals surface area contributed by atoms with Gasteiger partial charge in [0.15, 0.2) is 12.4 Å². The van der Waals surface area contributed by atoms with Crippen LogP contribution >= 0.6 is 0 Å². The number of ether oxygens (including phenoxy) is 1. The third-order valence-electron chi connectivity index (χ3n) is 4.19. The van der Waals surface area contributed by atoms with Gasteiger partial charge < -0.3 is 15.4 Å². The molecule has 20 heavy (non-hydrogen) atoms. The minimum atomic E-state index is 0.0184. The molecule has 0 saturated carbocycles. The maximum atomic E-state index is 12.2. The van der Waals surface area contributed by atoms with Gasteiger partial charge in [-0.3, -0.25) is 9.48 Å². The molecule has 1 fully saturated rings. The number of likely N-dealkylation sites (tertiary alicyclic amines) is 1. The third-order valence-corrected chi connectivity index (χ3v) is 4.19. The van der Waals surface area contributed by atoms with E-state index in [-0.39, 0.29) is 17.9 Å². The lowest BCUT2D eigenvalue weighted by Crippen LogP contribution is -2.36. The lowest BCUT2D eigenvalue weighted by Gasteiger charge is -2.22. The van der Waals surface area contributed by atoms with Gasteiger partial charge >= 0.3 is 0 Å². The second-order valence-corrected chi connectivity index (χ2v) is 5.99. The summed E-state index contributed by atoms with van der Waals surface area (Å²) in [6, 6.07) is 0. The van der Waals surface area contributed by atoms with Gasteiger partial charge in [0, 0.05) is 20.1 Å². The summed E-state index contributed by atoms with van der Waals surface area (Å²) in [6.45, 7) is 8.09. The van der Waals surface area contributed by atoms with E-state index in [4.69, 9.17) is 10.5 Å². The minimum Gasteiger partial charge on any atom is -0.480 e. The zero-order chi connectivity index (χ0) is 14.9. The molecule has 6 heteroatoms. The first-order chi connectivity index (χ1) is 9.36. The summed E-state index contributed by atoms with van der Waals surface area (Å²) in [4.78, 5) is 14.0. The predicted octanol–water partition coefficient (Wildman–Crippen LogP) is 0.613. The molecule has 0 aromatic carbocycles. The summed E-state index contributed by atoms with van der Waals surface area (Å²) in [5.41, 5.74) is 7.55. The van der Waals surface area contributed by atoms with Gasteiger partial charge in [-0.2, -0.15) is 5.10 Å². The van der Waals surface area contributed by atoms with Gasteiger partial charge in [-0.25, -0.2) is 0 Å². The van der Waals surface area contributed by atoms with Crippen molar-refractivity contribution in [2.75, 3.05) is 26.2 Å². The SMILES string of the molecule is Cc1nn(C)c(C)c1OCC(=O)N1CCC(C)(CN)C1. The summed E-state index contributed by atoms with van der Waals surface area (Å²) >= 11 is 0. The number of aryl methyl sites for hydroxylation is 2. The molecule has 1 aliphatic heterocycles. The predicted molar refractivity (Wildman–Crippen MR) is 76.5 cm³/mol. The van der Waals surface area contributed by atoms with Crippen molar-refractivity contribution >= 4 is 5.91 Å². The van der Waals surface area contributed by atoms with E-state index in [0.717, 1.165) is 30.9 Å². The molecule has 6 nitrogen and oxygen atoms in total. The summed E-state index contributed by atoms with van der Waals surface area (Å²) in [6.07, 6.45) is 0.959. The lowest BCUT2D eigenvalue weighted by atomic mass is 9.90. The Labute approximate surface area is 119 Å². The number of amides is 1. The molecular formula is C14H24N4O2. The number of nitrogens with zero attached hydrogens (tertiary/aromatic N) is 3. The number of rotatable bonds is 4. The number of hydrogen-bond acceptors (Lipinski definition) is 4. The molecular weight excluding hydrogens is 256 g/mol. The molecule has 1 amide bonds. The van der Waals surface area contributed by atoms with Crippen LogP contribution in [0.4, 0.5) is 0 Å². The molecule has 2 N–H and O–H groups in total. The second kappa shape index (κ2) is 5.44. The number of nitrogens with two attached hydrogens (primary N) is 1. The fourth-order valence-electron chi connectivity index (χ4n) is 2.59. The summed E-state index contributed by atoms with van der Waals surface area (Å²) in [5, 5.41) is 4.27. The van der Waals surface area contributed by atoms with Crippen molar-refractivity contribution in [3.8, 4) is 5.75 Å². The zero-order valence-electron chi connectivity index (χ0n) is 12.8. The highest BCUT2D eigenvalue weighted by Gasteiger charge is 2.34. The van der Waals surface area contributed by atoms with Crippen molar-refractivity contribution in [3.05, 3.63) is 11.4 Å². The Hall–Kier alpha value is -1.56.